The van der Waals surface area contributed by atoms with Gasteiger partial charge in [-0.3, -0.25) is 0 Å². The zero-order valence-electron chi connectivity index (χ0n) is 12.0. The predicted molar refractivity (Wildman–Crippen MR) is 76.9 cm³/mol. The lowest BCUT2D eigenvalue weighted by Gasteiger charge is -2.19. The molecule has 2 rings (SSSR count). The van der Waals surface area contributed by atoms with E-state index in [4.69, 9.17) is 4.98 Å². The number of aromatic nitrogens is 1. The average molecular weight is 247 g/mol. The fraction of sp³-hybridized carbons (Fsp3) is 0.667. The molecule has 1 aliphatic carbocycles. The van der Waals surface area contributed by atoms with Crippen molar-refractivity contribution in [2.75, 3.05) is 25.0 Å². The van der Waals surface area contributed by atoms with Gasteiger partial charge in [-0.1, -0.05) is 19.9 Å². The van der Waals surface area contributed by atoms with Gasteiger partial charge in [0.25, 0.3) is 0 Å². The molecule has 0 aliphatic heterocycles. The van der Waals surface area contributed by atoms with Crippen LogP contribution in [0.25, 0.3) is 0 Å². The van der Waals surface area contributed by atoms with Crippen molar-refractivity contribution in [1.82, 2.24) is 10.3 Å². The first kappa shape index (κ1) is 13.3. The van der Waals surface area contributed by atoms with Crippen LogP contribution in [0.4, 0.5) is 5.82 Å². The van der Waals surface area contributed by atoms with E-state index < -0.39 is 0 Å². The minimum absolute atomic E-state index is 0.874. The van der Waals surface area contributed by atoms with Crippen LogP contribution in [0.1, 0.15) is 31.5 Å². The van der Waals surface area contributed by atoms with Crippen LogP contribution in [-0.2, 0) is 6.54 Å². The second-order valence-corrected chi connectivity index (χ2v) is 5.55. The minimum atomic E-state index is 0.874. The molecular formula is C15H25N3. The van der Waals surface area contributed by atoms with Crippen molar-refractivity contribution in [2.24, 2.45) is 11.8 Å². The summed E-state index contributed by atoms with van der Waals surface area (Å²) in [4.78, 5) is 7.01. The summed E-state index contributed by atoms with van der Waals surface area (Å²) in [5.41, 5.74) is 2.44. The Bertz CT molecular complexity index is 403. The number of rotatable bonds is 6. The van der Waals surface area contributed by atoms with E-state index in [1.807, 2.05) is 0 Å². The second kappa shape index (κ2) is 5.70. The van der Waals surface area contributed by atoms with Crippen LogP contribution in [-0.4, -0.2) is 25.1 Å². The van der Waals surface area contributed by atoms with Crippen LogP contribution in [0.5, 0.6) is 0 Å². The van der Waals surface area contributed by atoms with E-state index >= 15 is 0 Å². The van der Waals surface area contributed by atoms with Gasteiger partial charge in [0, 0.05) is 25.8 Å². The third kappa shape index (κ3) is 3.22. The van der Waals surface area contributed by atoms with E-state index in [9.17, 15) is 0 Å². The zero-order valence-corrected chi connectivity index (χ0v) is 12.0. The van der Waals surface area contributed by atoms with Gasteiger partial charge in [-0.15, -0.1) is 0 Å². The standard InChI is InChI=1S/C15H25N3/c1-5-16-9-13-6-7-15(17-12(13)3)18(4)10-14-8-11(14)2/h6-7,11,14,16H,5,8-10H2,1-4H3. The first-order valence-corrected chi connectivity index (χ1v) is 7.00. The van der Waals surface area contributed by atoms with Crippen LogP contribution in [0.3, 0.4) is 0 Å². The maximum atomic E-state index is 4.72. The molecule has 3 heteroatoms. The van der Waals surface area contributed by atoms with Crippen LogP contribution in [0.15, 0.2) is 12.1 Å². The van der Waals surface area contributed by atoms with Gasteiger partial charge < -0.3 is 10.2 Å². The summed E-state index contributed by atoms with van der Waals surface area (Å²) in [6, 6.07) is 4.35. The van der Waals surface area contributed by atoms with Crippen molar-refractivity contribution in [3.05, 3.63) is 23.4 Å². The number of hydrogen-bond acceptors (Lipinski definition) is 3. The molecule has 0 saturated heterocycles. The third-order valence-electron chi connectivity index (χ3n) is 3.92. The molecule has 1 aromatic heterocycles. The van der Waals surface area contributed by atoms with Crippen molar-refractivity contribution < 1.29 is 0 Å². The lowest BCUT2D eigenvalue weighted by atomic mass is 10.2. The van der Waals surface area contributed by atoms with Crippen LogP contribution < -0.4 is 10.2 Å². The third-order valence-corrected chi connectivity index (χ3v) is 3.92. The number of pyridine rings is 1. The van der Waals surface area contributed by atoms with E-state index in [1.165, 1.54) is 12.0 Å². The second-order valence-electron chi connectivity index (χ2n) is 5.55. The fourth-order valence-electron chi connectivity index (χ4n) is 2.33. The van der Waals surface area contributed by atoms with Crippen molar-refractivity contribution in [1.29, 1.82) is 0 Å². The van der Waals surface area contributed by atoms with E-state index in [0.29, 0.717) is 0 Å². The first-order valence-electron chi connectivity index (χ1n) is 7.00. The Balaban J connectivity index is 1.98. The molecule has 1 N–H and O–H groups in total. The normalized spacial score (nSPS) is 22.0. The monoisotopic (exact) mass is 247 g/mol. The minimum Gasteiger partial charge on any atom is -0.359 e. The van der Waals surface area contributed by atoms with Gasteiger partial charge >= 0.3 is 0 Å². The number of hydrogen-bond donors (Lipinski definition) is 1. The summed E-state index contributed by atoms with van der Waals surface area (Å²) >= 11 is 0. The van der Waals surface area contributed by atoms with Crippen LogP contribution >= 0.6 is 0 Å². The molecule has 2 unspecified atom stereocenters. The molecule has 1 aromatic rings. The molecule has 1 saturated carbocycles. The zero-order chi connectivity index (χ0) is 13.1. The van der Waals surface area contributed by atoms with E-state index in [-0.39, 0.29) is 0 Å². The molecule has 0 radical (unpaired) electrons. The van der Waals surface area contributed by atoms with Crippen LogP contribution in [0, 0.1) is 18.8 Å². The Morgan fingerprint density at radius 1 is 1.44 bits per heavy atom. The van der Waals surface area contributed by atoms with Gasteiger partial charge in [-0.2, -0.15) is 0 Å². The Labute approximate surface area is 111 Å². The molecule has 0 spiro atoms. The van der Waals surface area contributed by atoms with Crippen molar-refractivity contribution >= 4 is 5.82 Å². The van der Waals surface area contributed by atoms with Gasteiger partial charge in [0.2, 0.25) is 0 Å². The fourth-order valence-corrected chi connectivity index (χ4v) is 2.33. The van der Waals surface area contributed by atoms with Gasteiger partial charge in [0.15, 0.2) is 0 Å². The molecular weight excluding hydrogens is 222 g/mol. The largest absolute Gasteiger partial charge is 0.359 e. The maximum absolute atomic E-state index is 4.72. The highest BCUT2D eigenvalue weighted by molar-refractivity contribution is 5.41. The lowest BCUT2D eigenvalue weighted by molar-refractivity contribution is 0.709. The number of aryl methyl sites for hydroxylation is 1. The quantitative estimate of drug-likeness (QED) is 0.837. The molecule has 0 bridgehead atoms. The van der Waals surface area contributed by atoms with Gasteiger partial charge in [0.05, 0.1) is 0 Å². The van der Waals surface area contributed by atoms with Crippen molar-refractivity contribution in [3.63, 3.8) is 0 Å². The van der Waals surface area contributed by atoms with E-state index in [1.54, 1.807) is 0 Å². The summed E-state index contributed by atoms with van der Waals surface area (Å²) in [7, 11) is 2.15. The summed E-state index contributed by atoms with van der Waals surface area (Å²) in [5.74, 6) is 2.88. The molecule has 2 atom stereocenters. The average Bonchev–Trinajstić information content (AvgIpc) is 3.03. The van der Waals surface area contributed by atoms with Gasteiger partial charge in [0.1, 0.15) is 5.82 Å². The van der Waals surface area contributed by atoms with Gasteiger partial charge in [-0.05, 0) is 43.4 Å². The maximum Gasteiger partial charge on any atom is 0.128 e. The molecule has 0 amide bonds. The number of anilines is 1. The summed E-state index contributed by atoms with van der Waals surface area (Å²) in [5, 5.41) is 3.35. The number of nitrogens with zero attached hydrogens (tertiary/aromatic N) is 2. The highest BCUT2D eigenvalue weighted by atomic mass is 15.2. The molecule has 1 aliphatic rings. The highest BCUT2D eigenvalue weighted by Crippen LogP contribution is 2.38. The molecule has 3 nitrogen and oxygen atoms in total. The SMILES string of the molecule is CCNCc1ccc(N(C)CC2CC2C)nc1C. The predicted octanol–water partition coefficient (Wildman–Crippen LogP) is 2.59. The Morgan fingerprint density at radius 3 is 2.72 bits per heavy atom. The first-order chi connectivity index (χ1) is 8.61. The van der Waals surface area contributed by atoms with Crippen LogP contribution in [0.2, 0.25) is 0 Å². The molecule has 100 valence electrons. The smallest absolute Gasteiger partial charge is 0.128 e. The molecule has 18 heavy (non-hydrogen) atoms. The molecule has 1 fully saturated rings. The Morgan fingerprint density at radius 2 is 2.17 bits per heavy atom. The highest BCUT2D eigenvalue weighted by Gasteiger charge is 2.33. The van der Waals surface area contributed by atoms with E-state index in [0.717, 1.165) is 43.0 Å². The Kier molecular flexibility index (Phi) is 4.23. The molecule has 0 aromatic carbocycles. The topological polar surface area (TPSA) is 28.2 Å². The van der Waals surface area contributed by atoms with Crippen molar-refractivity contribution in [2.45, 2.75) is 33.7 Å². The molecule has 1 heterocycles. The van der Waals surface area contributed by atoms with Gasteiger partial charge in [-0.25, -0.2) is 4.98 Å². The number of nitrogens with one attached hydrogen (secondary N) is 1. The summed E-state index contributed by atoms with van der Waals surface area (Å²) in [6.07, 6.45) is 1.38. The van der Waals surface area contributed by atoms with E-state index in [2.05, 4.69) is 50.2 Å². The summed E-state index contributed by atoms with van der Waals surface area (Å²) in [6.45, 7) is 9.61. The lowest BCUT2D eigenvalue weighted by Crippen LogP contribution is -2.22. The Hall–Kier alpha value is -1.09. The summed E-state index contributed by atoms with van der Waals surface area (Å²) < 4.78 is 0. The van der Waals surface area contributed by atoms with Crippen molar-refractivity contribution in [3.8, 4) is 0 Å².